The highest BCUT2D eigenvalue weighted by Crippen LogP contribution is 2.25. The lowest BCUT2D eigenvalue weighted by molar-refractivity contribution is 0.0986. The molecule has 0 amide bonds. The summed E-state index contributed by atoms with van der Waals surface area (Å²) in [6.45, 7) is 0. The molecule has 1 aromatic heterocycles. The van der Waals surface area contributed by atoms with Crippen LogP contribution in [-0.4, -0.2) is 22.7 Å². The van der Waals surface area contributed by atoms with Crippen LogP contribution in [0.25, 0.3) is 0 Å². The molecule has 21 heavy (non-hydrogen) atoms. The first-order valence-electron chi connectivity index (χ1n) is 7.40. The summed E-state index contributed by atoms with van der Waals surface area (Å²) in [7, 11) is 3.58. The summed E-state index contributed by atoms with van der Waals surface area (Å²) in [5.41, 5.74) is 4.07. The number of ether oxygens (including phenoxy) is 1. The zero-order chi connectivity index (χ0) is 14.8. The Hall–Kier alpha value is -2.10. The van der Waals surface area contributed by atoms with Crippen molar-refractivity contribution in [2.45, 2.75) is 32.1 Å². The number of fused-ring (bicyclic) bond motifs is 1. The summed E-state index contributed by atoms with van der Waals surface area (Å²) in [5.74, 6) is 0.917. The van der Waals surface area contributed by atoms with Crippen LogP contribution in [0.2, 0.25) is 0 Å². The van der Waals surface area contributed by atoms with Crippen molar-refractivity contribution < 1.29 is 9.53 Å². The van der Waals surface area contributed by atoms with Gasteiger partial charge in [-0.05, 0) is 43.4 Å². The third kappa shape index (κ3) is 2.71. The van der Waals surface area contributed by atoms with Gasteiger partial charge in [0, 0.05) is 24.7 Å². The zero-order valence-electron chi connectivity index (χ0n) is 12.6. The summed E-state index contributed by atoms with van der Waals surface area (Å²) >= 11 is 0. The van der Waals surface area contributed by atoms with E-state index in [1.807, 2.05) is 36.0 Å². The van der Waals surface area contributed by atoms with Crippen molar-refractivity contribution >= 4 is 5.78 Å². The van der Waals surface area contributed by atoms with Gasteiger partial charge < -0.3 is 4.74 Å². The molecule has 0 aliphatic heterocycles. The first-order valence-corrected chi connectivity index (χ1v) is 7.40. The van der Waals surface area contributed by atoms with Crippen LogP contribution in [0.3, 0.4) is 0 Å². The third-order valence-electron chi connectivity index (χ3n) is 4.15. The van der Waals surface area contributed by atoms with Gasteiger partial charge in [-0.2, -0.15) is 5.10 Å². The van der Waals surface area contributed by atoms with Gasteiger partial charge in [-0.3, -0.25) is 9.48 Å². The second-order valence-electron chi connectivity index (χ2n) is 5.55. The summed E-state index contributed by atoms with van der Waals surface area (Å²) in [6.07, 6.45) is 4.76. The van der Waals surface area contributed by atoms with Gasteiger partial charge in [0.15, 0.2) is 5.78 Å². The Morgan fingerprint density at radius 3 is 2.67 bits per heavy atom. The molecular weight excluding hydrogens is 264 g/mol. The van der Waals surface area contributed by atoms with Crippen molar-refractivity contribution in [2.24, 2.45) is 7.05 Å². The normalized spacial score (nSPS) is 13.8. The van der Waals surface area contributed by atoms with Crippen LogP contribution < -0.4 is 4.74 Å². The fraction of sp³-hybridized carbons (Fsp3) is 0.412. The number of carbonyl (C=O) groups excluding carboxylic acids is 1. The fourth-order valence-electron chi connectivity index (χ4n) is 3.01. The van der Waals surface area contributed by atoms with E-state index in [0.29, 0.717) is 12.1 Å². The molecule has 1 heterocycles. The second-order valence-corrected chi connectivity index (χ2v) is 5.55. The molecule has 0 atom stereocenters. The molecule has 0 radical (unpaired) electrons. The molecule has 0 unspecified atom stereocenters. The van der Waals surface area contributed by atoms with Gasteiger partial charge in [0.25, 0.3) is 0 Å². The van der Waals surface area contributed by atoms with E-state index >= 15 is 0 Å². The van der Waals surface area contributed by atoms with Gasteiger partial charge in [-0.25, -0.2) is 0 Å². The number of carbonyl (C=O) groups is 1. The molecule has 0 saturated carbocycles. The molecule has 110 valence electrons. The van der Waals surface area contributed by atoms with Gasteiger partial charge in [0.05, 0.1) is 7.11 Å². The molecule has 1 aliphatic rings. The smallest absolute Gasteiger partial charge is 0.187 e. The maximum Gasteiger partial charge on any atom is 0.187 e. The fourth-order valence-corrected chi connectivity index (χ4v) is 3.01. The van der Waals surface area contributed by atoms with Crippen LogP contribution in [0, 0.1) is 0 Å². The summed E-state index contributed by atoms with van der Waals surface area (Å²) in [5, 5.41) is 4.46. The minimum atomic E-state index is 0.110. The number of methoxy groups -OCH3 is 1. The number of Topliss-reactive ketones (excluding diaryl/α,β-unsaturated/α-hetero) is 1. The van der Waals surface area contributed by atoms with Crippen LogP contribution in [0.15, 0.2) is 24.3 Å². The molecule has 2 aromatic rings. The zero-order valence-corrected chi connectivity index (χ0v) is 12.6. The standard InChI is InChI=1S/C17H20N2O2/c1-19-15-6-4-3-5-14(15)17(18-19)16(20)11-12-7-9-13(21-2)10-8-12/h7-10H,3-6,11H2,1-2H3. The van der Waals surface area contributed by atoms with E-state index in [1.165, 1.54) is 17.7 Å². The van der Waals surface area contributed by atoms with E-state index in [1.54, 1.807) is 7.11 Å². The third-order valence-corrected chi connectivity index (χ3v) is 4.15. The van der Waals surface area contributed by atoms with Crippen molar-refractivity contribution in [2.75, 3.05) is 7.11 Å². The Kier molecular flexibility index (Phi) is 3.78. The highest BCUT2D eigenvalue weighted by molar-refractivity contribution is 5.97. The first kappa shape index (κ1) is 13.9. The molecule has 0 saturated heterocycles. The molecule has 0 fully saturated rings. The number of aryl methyl sites for hydroxylation is 1. The number of benzene rings is 1. The van der Waals surface area contributed by atoms with Gasteiger partial charge >= 0.3 is 0 Å². The van der Waals surface area contributed by atoms with Crippen molar-refractivity contribution in [3.63, 3.8) is 0 Å². The Morgan fingerprint density at radius 1 is 1.24 bits per heavy atom. The van der Waals surface area contributed by atoms with Crippen LogP contribution in [-0.2, 0) is 26.3 Å². The first-order chi connectivity index (χ1) is 10.2. The largest absolute Gasteiger partial charge is 0.497 e. The summed E-state index contributed by atoms with van der Waals surface area (Å²) in [4.78, 5) is 12.5. The maximum atomic E-state index is 12.5. The summed E-state index contributed by atoms with van der Waals surface area (Å²) in [6, 6.07) is 7.64. The molecule has 0 spiro atoms. The van der Waals surface area contributed by atoms with Gasteiger partial charge in [0.1, 0.15) is 11.4 Å². The minimum absolute atomic E-state index is 0.110. The van der Waals surface area contributed by atoms with Crippen molar-refractivity contribution in [3.8, 4) is 5.75 Å². The summed E-state index contributed by atoms with van der Waals surface area (Å²) < 4.78 is 7.02. The molecule has 4 nitrogen and oxygen atoms in total. The topological polar surface area (TPSA) is 44.1 Å². The average molecular weight is 284 g/mol. The monoisotopic (exact) mass is 284 g/mol. The van der Waals surface area contributed by atoms with E-state index in [-0.39, 0.29) is 5.78 Å². The van der Waals surface area contributed by atoms with Crippen LogP contribution in [0.5, 0.6) is 5.75 Å². The van der Waals surface area contributed by atoms with Crippen LogP contribution in [0.1, 0.15) is 40.2 Å². The SMILES string of the molecule is COc1ccc(CC(=O)c2nn(C)c3c2CCCC3)cc1. The lowest BCUT2D eigenvalue weighted by Gasteiger charge is -2.12. The van der Waals surface area contributed by atoms with Crippen molar-refractivity contribution in [1.29, 1.82) is 0 Å². The lowest BCUT2D eigenvalue weighted by atomic mass is 9.93. The minimum Gasteiger partial charge on any atom is -0.497 e. The number of hydrogen-bond donors (Lipinski definition) is 0. The molecule has 4 heteroatoms. The van der Waals surface area contributed by atoms with E-state index in [0.717, 1.165) is 30.6 Å². The predicted octanol–water partition coefficient (Wildman–Crippen LogP) is 2.73. The average Bonchev–Trinajstić information content (AvgIpc) is 2.86. The van der Waals surface area contributed by atoms with E-state index in [9.17, 15) is 4.79 Å². The number of hydrogen-bond acceptors (Lipinski definition) is 3. The van der Waals surface area contributed by atoms with Crippen molar-refractivity contribution in [1.82, 2.24) is 9.78 Å². The molecule has 0 bridgehead atoms. The molecule has 3 rings (SSSR count). The van der Waals surface area contributed by atoms with Crippen LogP contribution >= 0.6 is 0 Å². The number of ketones is 1. The molecule has 0 N–H and O–H groups in total. The van der Waals surface area contributed by atoms with E-state index in [2.05, 4.69) is 5.10 Å². The van der Waals surface area contributed by atoms with E-state index in [4.69, 9.17) is 4.74 Å². The number of aromatic nitrogens is 2. The van der Waals surface area contributed by atoms with Gasteiger partial charge in [-0.1, -0.05) is 12.1 Å². The Balaban J connectivity index is 1.82. The molecular formula is C17H20N2O2. The predicted molar refractivity (Wildman–Crippen MR) is 80.9 cm³/mol. The van der Waals surface area contributed by atoms with E-state index < -0.39 is 0 Å². The Bertz CT molecular complexity index is 656. The molecule has 1 aliphatic carbocycles. The highest BCUT2D eigenvalue weighted by Gasteiger charge is 2.23. The Labute approximate surface area is 124 Å². The van der Waals surface area contributed by atoms with Gasteiger partial charge in [-0.15, -0.1) is 0 Å². The van der Waals surface area contributed by atoms with Crippen LogP contribution in [0.4, 0.5) is 0 Å². The van der Waals surface area contributed by atoms with Crippen molar-refractivity contribution in [3.05, 3.63) is 46.8 Å². The second kappa shape index (κ2) is 5.72. The highest BCUT2D eigenvalue weighted by atomic mass is 16.5. The lowest BCUT2D eigenvalue weighted by Crippen LogP contribution is -2.09. The quantitative estimate of drug-likeness (QED) is 0.811. The maximum absolute atomic E-state index is 12.5. The Morgan fingerprint density at radius 2 is 1.95 bits per heavy atom. The number of rotatable bonds is 4. The molecule has 1 aromatic carbocycles. The van der Waals surface area contributed by atoms with Gasteiger partial charge in [0.2, 0.25) is 0 Å². The number of nitrogens with zero attached hydrogens (tertiary/aromatic N) is 2.